The van der Waals surface area contributed by atoms with E-state index in [1.165, 1.54) is 6.26 Å². The van der Waals surface area contributed by atoms with Gasteiger partial charge in [0, 0.05) is 40.7 Å². The highest BCUT2D eigenvalue weighted by Gasteiger charge is 2.13. The second-order valence-corrected chi connectivity index (χ2v) is 8.34. The van der Waals surface area contributed by atoms with E-state index in [1.54, 1.807) is 31.5 Å². The fourth-order valence-electron chi connectivity index (χ4n) is 3.16. The Labute approximate surface area is 157 Å². The van der Waals surface area contributed by atoms with Crippen LogP contribution in [0.4, 0.5) is 0 Å². The number of hydrogen-bond donors (Lipinski definition) is 1. The summed E-state index contributed by atoms with van der Waals surface area (Å²) in [5.74, 6) is 0.780. The van der Waals surface area contributed by atoms with E-state index in [1.807, 2.05) is 42.6 Å². The van der Waals surface area contributed by atoms with Gasteiger partial charge in [-0.1, -0.05) is 30.3 Å². The molecule has 1 N–H and O–H groups in total. The summed E-state index contributed by atoms with van der Waals surface area (Å²) in [6.45, 7) is 0. The van der Waals surface area contributed by atoms with Gasteiger partial charge in [-0.2, -0.15) is 0 Å². The lowest BCUT2D eigenvalue weighted by molar-refractivity contribution is 0.416. The van der Waals surface area contributed by atoms with Gasteiger partial charge in [-0.25, -0.2) is 13.4 Å². The highest BCUT2D eigenvalue weighted by atomic mass is 32.2. The molecule has 6 heteroatoms. The number of aromatic nitrogens is 2. The zero-order chi connectivity index (χ0) is 19.0. The van der Waals surface area contributed by atoms with E-state index in [0.29, 0.717) is 4.90 Å². The number of aromatic amines is 1. The maximum absolute atomic E-state index is 11.9. The molecule has 27 heavy (non-hydrogen) atoms. The molecule has 136 valence electrons. The molecule has 2 heterocycles. The highest BCUT2D eigenvalue weighted by molar-refractivity contribution is 7.90. The summed E-state index contributed by atoms with van der Waals surface area (Å²) < 4.78 is 29.2. The minimum absolute atomic E-state index is 0.291. The van der Waals surface area contributed by atoms with E-state index in [2.05, 4.69) is 9.97 Å². The van der Waals surface area contributed by atoms with E-state index >= 15 is 0 Å². The van der Waals surface area contributed by atoms with Gasteiger partial charge >= 0.3 is 0 Å². The molecule has 0 spiro atoms. The molecule has 0 bridgehead atoms. The van der Waals surface area contributed by atoms with Crippen LogP contribution in [0.15, 0.2) is 71.9 Å². The molecule has 0 atom stereocenters. The number of nitrogens with zero attached hydrogens (tertiary/aromatic N) is 1. The van der Waals surface area contributed by atoms with Crippen molar-refractivity contribution >= 4 is 20.9 Å². The van der Waals surface area contributed by atoms with Crippen molar-refractivity contribution in [3.05, 3.63) is 67.0 Å². The number of sulfone groups is 1. The van der Waals surface area contributed by atoms with Crippen LogP contribution in [-0.4, -0.2) is 31.8 Å². The lowest BCUT2D eigenvalue weighted by Crippen LogP contribution is -1.96. The fraction of sp³-hybridized carbons (Fsp3) is 0.0952. The smallest absolute Gasteiger partial charge is 0.175 e. The summed E-state index contributed by atoms with van der Waals surface area (Å²) in [7, 11) is -1.62. The van der Waals surface area contributed by atoms with Crippen LogP contribution in [0.2, 0.25) is 0 Å². The van der Waals surface area contributed by atoms with Crippen LogP contribution < -0.4 is 4.74 Å². The first kappa shape index (κ1) is 17.3. The van der Waals surface area contributed by atoms with Crippen molar-refractivity contribution in [1.29, 1.82) is 0 Å². The molecular formula is C21H18N2O3S. The maximum atomic E-state index is 11.9. The van der Waals surface area contributed by atoms with Gasteiger partial charge in [-0.3, -0.25) is 0 Å². The molecule has 0 saturated heterocycles. The zero-order valence-corrected chi connectivity index (χ0v) is 15.7. The van der Waals surface area contributed by atoms with Gasteiger partial charge in [0.25, 0.3) is 0 Å². The number of benzene rings is 2. The van der Waals surface area contributed by atoms with Gasteiger partial charge in [0.05, 0.1) is 12.0 Å². The molecule has 0 radical (unpaired) electrons. The molecule has 4 rings (SSSR count). The quantitative estimate of drug-likeness (QED) is 0.574. The Morgan fingerprint density at radius 3 is 2.56 bits per heavy atom. The van der Waals surface area contributed by atoms with Crippen LogP contribution in [0.25, 0.3) is 33.3 Å². The number of rotatable bonds is 4. The Kier molecular flexibility index (Phi) is 4.20. The van der Waals surface area contributed by atoms with Gasteiger partial charge < -0.3 is 9.72 Å². The van der Waals surface area contributed by atoms with Gasteiger partial charge in [-0.15, -0.1) is 0 Å². The molecule has 2 aromatic carbocycles. The van der Waals surface area contributed by atoms with Crippen LogP contribution in [0.3, 0.4) is 0 Å². The number of pyridine rings is 1. The first-order chi connectivity index (χ1) is 13.0. The molecular weight excluding hydrogens is 360 g/mol. The normalized spacial score (nSPS) is 11.6. The van der Waals surface area contributed by atoms with Gasteiger partial charge in [0.1, 0.15) is 11.4 Å². The molecule has 0 unspecified atom stereocenters. The van der Waals surface area contributed by atoms with Gasteiger partial charge in [-0.05, 0) is 29.8 Å². The lowest BCUT2D eigenvalue weighted by atomic mass is 10.0. The number of fused-ring (bicyclic) bond motifs is 1. The minimum atomic E-state index is -3.27. The molecule has 2 aromatic heterocycles. The van der Waals surface area contributed by atoms with Crippen LogP contribution in [0, 0.1) is 0 Å². The second kappa shape index (κ2) is 6.55. The average molecular weight is 378 g/mol. The predicted octanol–water partition coefficient (Wildman–Crippen LogP) is 4.31. The third kappa shape index (κ3) is 3.19. The van der Waals surface area contributed by atoms with Crippen molar-refractivity contribution < 1.29 is 13.2 Å². The molecule has 0 aliphatic carbocycles. The standard InChI is InChI=1S/C21H18N2O3S/c1-26-20-9-4-3-8-17(20)19-13-23-21-18(19)11-15(12-22-21)14-6-5-7-16(10-14)27(2,24)25/h3-13H,1-2H3,(H,22,23). The summed E-state index contributed by atoms with van der Waals surface area (Å²) in [5, 5.41) is 0.946. The predicted molar refractivity (Wildman–Crippen MR) is 107 cm³/mol. The summed E-state index contributed by atoms with van der Waals surface area (Å²) in [6.07, 6.45) is 4.86. The number of methoxy groups -OCH3 is 1. The van der Waals surface area contributed by atoms with Crippen molar-refractivity contribution in [2.24, 2.45) is 0 Å². The second-order valence-electron chi connectivity index (χ2n) is 6.32. The molecule has 0 aliphatic heterocycles. The van der Waals surface area contributed by atoms with E-state index in [-0.39, 0.29) is 0 Å². The van der Waals surface area contributed by atoms with Crippen LogP contribution in [0.1, 0.15) is 0 Å². The van der Waals surface area contributed by atoms with Crippen LogP contribution >= 0.6 is 0 Å². The van der Waals surface area contributed by atoms with Crippen LogP contribution in [0.5, 0.6) is 5.75 Å². The topological polar surface area (TPSA) is 72.0 Å². The Hall–Kier alpha value is -3.12. The number of hydrogen-bond acceptors (Lipinski definition) is 4. The number of nitrogens with one attached hydrogen (secondary N) is 1. The molecule has 4 aromatic rings. The molecule has 0 amide bonds. The van der Waals surface area contributed by atoms with Gasteiger partial charge in [0.2, 0.25) is 0 Å². The number of ether oxygens (including phenoxy) is 1. The molecule has 0 aliphatic rings. The van der Waals surface area contributed by atoms with Crippen molar-refractivity contribution in [2.75, 3.05) is 13.4 Å². The summed E-state index contributed by atoms with van der Waals surface area (Å²) in [6, 6.07) is 16.7. The Morgan fingerprint density at radius 1 is 0.963 bits per heavy atom. The fourth-order valence-corrected chi connectivity index (χ4v) is 3.82. The van der Waals surface area contributed by atoms with Crippen molar-refractivity contribution in [1.82, 2.24) is 9.97 Å². The highest BCUT2D eigenvalue weighted by Crippen LogP contribution is 2.36. The van der Waals surface area contributed by atoms with Crippen molar-refractivity contribution in [3.8, 4) is 28.0 Å². The van der Waals surface area contributed by atoms with E-state index in [4.69, 9.17) is 4.74 Å². The SMILES string of the molecule is COc1ccccc1-c1c[nH]c2ncc(-c3cccc(S(C)(=O)=O)c3)cc12. The molecule has 0 saturated carbocycles. The van der Waals surface area contributed by atoms with Gasteiger partial charge in [0.15, 0.2) is 9.84 Å². The first-order valence-corrected chi connectivity index (χ1v) is 10.3. The average Bonchev–Trinajstić information content (AvgIpc) is 3.10. The van der Waals surface area contributed by atoms with E-state index in [0.717, 1.165) is 39.0 Å². The van der Waals surface area contributed by atoms with E-state index in [9.17, 15) is 8.42 Å². The molecule has 5 nitrogen and oxygen atoms in total. The summed E-state index contributed by atoms with van der Waals surface area (Å²) in [4.78, 5) is 7.99. The maximum Gasteiger partial charge on any atom is 0.175 e. The third-order valence-electron chi connectivity index (χ3n) is 4.52. The largest absolute Gasteiger partial charge is 0.496 e. The van der Waals surface area contributed by atoms with Crippen molar-refractivity contribution in [2.45, 2.75) is 4.90 Å². The summed E-state index contributed by atoms with van der Waals surface area (Å²) >= 11 is 0. The monoisotopic (exact) mass is 378 g/mol. The number of para-hydroxylation sites is 1. The first-order valence-electron chi connectivity index (χ1n) is 8.38. The molecule has 0 fully saturated rings. The summed E-state index contributed by atoms with van der Waals surface area (Å²) in [5.41, 5.74) is 4.37. The third-order valence-corrected chi connectivity index (χ3v) is 5.63. The lowest BCUT2D eigenvalue weighted by Gasteiger charge is -2.08. The van der Waals surface area contributed by atoms with Crippen LogP contribution in [-0.2, 0) is 9.84 Å². The van der Waals surface area contributed by atoms with Crippen molar-refractivity contribution in [3.63, 3.8) is 0 Å². The zero-order valence-electron chi connectivity index (χ0n) is 14.9. The Morgan fingerprint density at radius 2 is 1.78 bits per heavy atom. The Balaban J connectivity index is 1.89. The number of H-pyrrole nitrogens is 1. The minimum Gasteiger partial charge on any atom is -0.496 e. The Bertz CT molecular complexity index is 1240. The van der Waals surface area contributed by atoms with E-state index < -0.39 is 9.84 Å².